The van der Waals surface area contributed by atoms with Crippen LogP contribution in [0.2, 0.25) is 0 Å². The number of aldehydes is 1. The predicted octanol–water partition coefficient (Wildman–Crippen LogP) is 3.55. The van der Waals surface area contributed by atoms with Gasteiger partial charge in [0.25, 0.3) is 0 Å². The number of aryl methyl sites for hydroxylation is 1. The highest BCUT2D eigenvalue weighted by Gasteiger charge is 2.10. The van der Waals surface area contributed by atoms with Gasteiger partial charge in [-0.05, 0) is 48.5 Å². The fraction of sp³-hybridized carbons (Fsp3) is 0.267. The molecule has 0 aliphatic heterocycles. The first-order chi connectivity index (χ1) is 7.92. The van der Waals surface area contributed by atoms with Crippen molar-refractivity contribution >= 4 is 11.9 Å². The monoisotopic (exact) mass is 212 g/mol. The number of carbonyl (C=O) groups is 1. The Kier molecular flexibility index (Phi) is 3.71. The summed E-state index contributed by atoms with van der Waals surface area (Å²) in [4.78, 5) is 10.2. The van der Waals surface area contributed by atoms with E-state index in [1.54, 1.807) is 6.08 Å². The van der Waals surface area contributed by atoms with Gasteiger partial charge in [0.2, 0.25) is 0 Å². The molecular formula is C15H16O. The van der Waals surface area contributed by atoms with Gasteiger partial charge >= 0.3 is 0 Å². The van der Waals surface area contributed by atoms with Crippen LogP contribution in [-0.2, 0) is 11.2 Å². The lowest BCUT2D eigenvalue weighted by Crippen LogP contribution is -1.88. The summed E-state index contributed by atoms with van der Waals surface area (Å²) in [7, 11) is 0. The predicted molar refractivity (Wildman–Crippen MR) is 67.2 cm³/mol. The average molecular weight is 212 g/mol. The number of hydrogen-bond donors (Lipinski definition) is 0. The zero-order chi connectivity index (χ0) is 11.2. The van der Waals surface area contributed by atoms with Gasteiger partial charge in [0, 0.05) is 0 Å². The Morgan fingerprint density at radius 3 is 2.69 bits per heavy atom. The first kappa shape index (κ1) is 10.9. The summed E-state index contributed by atoms with van der Waals surface area (Å²) in [6.45, 7) is 0. The minimum absolute atomic E-state index is 0.819. The molecule has 0 saturated carbocycles. The molecule has 1 aliphatic carbocycles. The fourth-order valence-electron chi connectivity index (χ4n) is 2.21. The van der Waals surface area contributed by atoms with Crippen LogP contribution in [0, 0.1) is 0 Å². The van der Waals surface area contributed by atoms with E-state index >= 15 is 0 Å². The van der Waals surface area contributed by atoms with Crippen molar-refractivity contribution in [2.45, 2.75) is 25.7 Å². The molecule has 16 heavy (non-hydrogen) atoms. The van der Waals surface area contributed by atoms with Crippen LogP contribution in [0.5, 0.6) is 0 Å². The van der Waals surface area contributed by atoms with Gasteiger partial charge in [0.15, 0.2) is 0 Å². The molecular weight excluding hydrogens is 196 g/mol. The van der Waals surface area contributed by atoms with Crippen LogP contribution in [0.4, 0.5) is 0 Å². The van der Waals surface area contributed by atoms with Crippen LogP contribution in [0.1, 0.15) is 30.4 Å². The maximum Gasteiger partial charge on any atom is 0.142 e. The number of fused-ring (bicyclic) bond motifs is 1. The van der Waals surface area contributed by atoms with Crippen LogP contribution in [0.3, 0.4) is 0 Å². The average Bonchev–Trinajstić information content (AvgIpc) is 2.52. The zero-order valence-electron chi connectivity index (χ0n) is 9.36. The number of benzene rings is 1. The second-order valence-electron chi connectivity index (χ2n) is 4.08. The van der Waals surface area contributed by atoms with E-state index in [-0.39, 0.29) is 0 Å². The molecule has 0 fully saturated rings. The van der Waals surface area contributed by atoms with E-state index in [0.29, 0.717) is 0 Å². The molecule has 0 amide bonds. The lowest BCUT2D eigenvalue weighted by molar-refractivity contribution is -0.104. The molecule has 0 bridgehead atoms. The molecule has 0 aromatic heterocycles. The third-order valence-corrected chi connectivity index (χ3v) is 2.99. The molecule has 1 aliphatic rings. The van der Waals surface area contributed by atoms with Gasteiger partial charge in [0.1, 0.15) is 6.29 Å². The van der Waals surface area contributed by atoms with Crippen LogP contribution in [0.25, 0.3) is 5.57 Å². The Bertz CT molecular complexity index is 427. The smallest absolute Gasteiger partial charge is 0.142 e. The number of hydrogen-bond acceptors (Lipinski definition) is 1. The van der Waals surface area contributed by atoms with Crippen molar-refractivity contribution < 1.29 is 4.79 Å². The van der Waals surface area contributed by atoms with Gasteiger partial charge in [-0.1, -0.05) is 36.4 Å². The normalized spacial score (nSPS) is 18.4. The highest BCUT2D eigenvalue weighted by Crippen LogP contribution is 2.29. The van der Waals surface area contributed by atoms with E-state index in [0.717, 1.165) is 12.7 Å². The van der Waals surface area contributed by atoms with Crippen LogP contribution >= 0.6 is 0 Å². The van der Waals surface area contributed by atoms with Crippen molar-refractivity contribution in [2.75, 3.05) is 0 Å². The lowest BCUT2D eigenvalue weighted by atomic mass is 9.98. The number of carbonyl (C=O) groups excluding carboxylic acids is 1. The molecule has 0 heterocycles. The summed E-state index contributed by atoms with van der Waals surface area (Å²) >= 11 is 0. The van der Waals surface area contributed by atoms with Crippen molar-refractivity contribution in [1.82, 2.24) is 0 Å². The Morgan fingerprint density at radius 1 is 1.00 bits per heavy atom. The number of rotatable bonds is 2. The summed E-state index contributed by atoms with van der Waals surface area (Å²) in [5, 5.41) is 0. The molecule has 0 saturated heterocycles. The first-order valence-electron chi connectivity index (χ1n) is 5.81. The Morgan fingerprint density at radius 2 is 1.81 bits per heavy atom. The van der Waals surface area contributed by atoms with Crippen LogP contribution in [0.15, 0.2) is 42.5 Å². The van der Waals surface area contributed by atoms with Gasteiger partial charge < -0.3 is 0 Å². The molecule has 0 atom stereocenters. The molecule has 0 spiro atoms. The SMILES string of the molecule is O=C/C=C/C=C1/CCCCc2ccccc21. The summed E-state index contributed by atoms with van der Waals surface area (Å²) in [6, 6.07) is 8.57. The van der Waals surface area contributed by atoms with E-state index in [4.69, 9.17) is 0 Å². The maximum absolute atomic E-state index is 10.2. The second kappa shape index (κ2) is 5.45. The second-order valence-corrected chi connectivity index (χ2v) is 4.08. The molecule has 1 aromatic rings. The highest BCUT2D eigenvalue weighted by atomic mass is 16.1. The van der Waals surface area contributed by atoms with Crippen LogP contribution in [-0.4, -0.2) is 6.29 Å². The molecule has 0 N–H and O–H groups in total. The largest absolute Gasteiger partial charge is 0.299 e. The van der Waals surface area contributed by atoms with E-state index in [1.165, 1.54) is 36.0 Å². The summed E-state index contributed by atoms with van der Waals surface area (Å²) < 4.78 is 0. The third kappa shape index (κ3) is 2.48. The molecule has 0 unspecified atom stereocenters. The molecule has 1 heteroatoms. The highest BCUT2D eigenvalue weighted by molar-refractivity contribution is 5.72. The maximum atomic E-state index is 10.2. The van der Waals surface area contributed by atoms with Crippen molar-refractivity contribution in [3.05, 3.63) is 53.6 Å². The van der Waals surface area contributed by atoms with E-state index in [2.05, 4.69) is 30.3 Å². The van der Waals surface area contributed by atoms with Gasteiger partial charge in [0.05, 0.1) is 0 Å². The third-order valence-electron chi connectivity index (χ3n) is 2.99. The summed E-state index contributed by atoms with van der Waals surface area (Å²) in [5.74, 6) is 0. The van der Waals surface area contributed by atoms with Crippen molar-refractivity contribution in [3.63, 3.8) is 0 Å². The van der Waals surface area contributed by atoms with Crippen molar-refractivity contribution in [3.8, 4) is 0 Å². The minimum atomic E-state index is 0.819. The quantitative estimate of drug-likeness (QED) is 0.416. The van der Waals surface area contributed by atoms with Crippen molar-refractivity contribution in [2.24, 2.45) is 0 Å². The summed E-state index contributed by atoms with van der Waals surface area (Å²) in [5.41, 5.74) is 4.15. The molecule has 1 nitrogen and oxygen atoms in total. The molecule has 82 valence electrons. The van der Waals surface area contributed by atoms with Gasteiger partial charge in [-0.25, -0.2) is 0 Å². The lowest BCUT2D eigenvalue weighted by Gasteiger charge is -2.07. The molecule has 1 aromatic carbocycles. The molecule has 2 rings (SSSR count). The minimum Gasteiger partial charge on any atom is -0.299 e. The topological polar surface area (TPSA) is 17.1 Å². The molecule has 0 radical (unpaired) electrons. The fourth-order valence-corrected chi connectivity index (χ4v) is 2.21. The van der Waals surface area contributed by atoms with E-state index in [1.807, 2.05) is 6.08 Å². The van der Waals surface area contributed by atoms with E-state index in [9.17, 15) is 4.79 Å². The zero-order valence-corrected chi connectivity index (χ0v) is 9.36. The Hall–Kier alpha value is -1.63. The Labute approximate surface area is 96.5 Å². The van der Waals surface area contributed by atoms with Gasteiger partial charge in [-0.15, -0.1) is 0 Å². The van der Waals surface area contributed by atoms with Gasteiger partial charge in [-0.2, -0.15) is 0 Å². The summed E-state index contributed by atoms with van der Waals surface area (Å²) in [6.07, 6.45) is 11.0. The number of allylic oxidation sites excluding steroid dienone is 4. The standard InChI is InChI=1S/C15H16O/c16-12-6-5-10-14-8-2-1-7-13-9-3-4-11-15(13)14/h3-6,9-12H,1-2,7-8H2/b6-5+,14-10-. The van der Waals surface area contributed by atoms with Crippen LogP contribution < -0.4 is 0 Å². The van der Waals surface area contributed by atoms with Gasteiger partial charge in [-0.3, -0.25) is 4.79 Å². The van der Waals surface area contributed by atoms with E-state index < -0.39 is 0 Å². The van der Waals surface area contributed by atoms with Crippen molar-refractivity contribution in [1.29, 1.82) is 0 Å². The first-order valence-corrected chi connectivity index (χ1v) is 5.81. The Balaban J connectivity index is 2.35.